The minimum absolute atomic E-state index is 0.153. The van der Waals surface area contributed by atoms with E-state index in [1.165, 1.54) is 10.7 Å². The van der Waals surface area contributed by atoms with Gasteiger partial charge < -0.3 is 5.32 Å². The summed E-state index contributed by atoms with van der Waals surface area (Å²) in [6.45, 7) is 3.99. The van der Waals surface area contributed by atoms with Gasteiger partial charge in [-0.3, -0.25) is 0 Å². The number of aromatic nitrogens is 4. The molecule has 3 rings (SSSR count). The fourth-order valence-electron chi connectivity index (χ4n) is 2.98. The van der Waals surface area contributed by atoms with Crippen LogP contribution in [-0.2, 0) is 16.4 Å². The first-order valence-electron chi connectivity index (χ1n) is 8.41. The van der Waals surface area contributed by atoms with E-state index in [0.717, 1.165) is 10.6 Å². The summed E-state index contributed by atoms with van der Waals surface area (Å²) < 4.78 is 53.9. The van der Waals surface area contributed by atoms with Crippen LogP contribution in [0.3, 0.4) is 0 Å². The van der Waals surface area contributed by atoms with Crippen LogP contribution in [0.2, 0.25) is 0 Å². The largest absolute Gasteiger partial charge is 0.347 e. The smallest absolute Gasteiger partial charge is 0.242 e. The maximum atomic E-state index is 14.4. The van der Waals surface area contributed by atoms with E-state index in [1.54, 1.807) is 0 Å². The van der Waals surface area contributed by atoms with Gasteiger partial charge in [-0.05, 0) is 12.3 Å². The average Bonchev–Trinajstić information content (AvgIpc) is 2.83. The number of nitrogens with one attached hydrogen (secondary N) is 1. The number of fused-ring (bicyclic) bond motifs is 1. The van der Waals surface area contributed by atoms with Crippen molar-refractivity contribution in [3.05, 3.63) is 18.0 Å². The summed E-state index contributed by atoms with van der Waals surface area (Å²) in [7, 11) is -3.42. The quantitative estimate of drug-likeness (QED) is 0.829. The third-order valence-corrected chi connectivity index (χ3v) is 5.56. The van der Waals surface area contributed by atoms with Crippen LogP contribution in [0, 0.1) is 11.9 Å². The summed E-state index contributed by atoms with van der Waals surface area (Å²) in [5.74, 6) is 0.251. The first kappa shape index (κ1) is 18.9. The van der Waals surface area contributed by atoms with Crippen molar-refractivity contribution >= 4 is 21.5 Å². The zero-order valence-electron chi connectivity index (χ0n) is 14.9. The first-order chi connectivity index (χ1) is 12.1. The highest BCUT2D eigenvalue weighted by molar-refractivity contribution is 7.88. The zero-order valence-corrected chi connectivity index (χ0v) is 15.7. The summed E-state index contributed by atoms with van der Waals surface area (Å²) in [4.78, 5) is 7.92. The molecule has 1 saturated heterocycles. The van der Waals surface area contributed by atoms with E-state index in [9.17, 15) is 17.2 Å². The predicted molar refractivity (Wildman–Crippen MR) is 92.6 cm³/mol. The second-order valence-electron chi connectivity index (χ2n) is 6.97. The minimum atomic E-state index is -3.42. The van der Waals surface area contributed by atoms with Gasteiger partial charge in [-0.25, -0.2) is 27.3 Å². The summed E-state index contributed by atoms with van der Waals surface area (Å²) in [6.07, 6.45) is 1.80. The van der Waals surface area contributed by atoms with Gasteiger partial charge >= 0.3 is 0 Å². The molecule has 3 heterocycles. The Bertz CT molecular complexity index is 901. The average molecular weight is 388 g/mol. The topological polar surface area (TPSA) is 92.5 Å². The van der Waals surface area contributed by atoms with Gasteiger partial charge in [-0.2, -0.15) is 8.70 Å². The van der Waals surface area contributed by atoms with E-state index in [0.29, 0.717) is 12.2 Å². The standard InChI is InChI=1S/C15H22F2N6O2S/c1-9(2)6-13-20-14(17)12-7-18-15(21-23(12)13)19-11-4-5-22(8-10(11)16)26(3,24)25/h7,9-11H,4-6,8H2,1-3H3,(H,19,21)/t10-,11-/m1/s1. The van der Waals surface area contributed by atoms with Crippen molar-refractivity contribution in [3.63, 3.8) is 0 Å². The van der Waals surface area contributed by atoms with Gasteiger partial charge in [0.15, 0.2) is 0 Å². The normalized spacial score (nSPS) is 22.2. The second-order valence-corrected chi connectivity index (χ2v) is 8.95. The van der Waals surface area contributed by atoms with E-state index >= 15 is 0 Å². The lowest BCUT2D eigenvalue weighted by Crippen LogP contribution is -2.49. The van der Waals surface area contributed by atoms with Crippen LogP contribution in [0.25, 0.3) is 5.52 Å². The van der Waals surface area contributed by atoms with Gasteiger partial charge in [0.1, 0.15) is 17.5 Å². The Balaban J connectivity index is 1.79. The van der Waals surface area contributed by atoms with Crippen LogP contribution < -0.4 is 5.32 Å². The molecule has 0 radical (unpaired) electrons. The molecule has 1 aliphatic rings. The molecule has 0 aromatic carbocycles. The molecular weight excluding hydrogens is 366 g/mol. The van der Waals surface area contributed by atoms with Gasteiger partial charge in [-0.1, -0.05) is 13.8 Å². The lowest BCUT2D eigenvalue weighted by Gasteiger charge is -2.33. The highest BCUT2D eigenvalue weighted by Crippen LogP contribution is 2.20. The van der Waals surface area contributed by atoms with Crippen LogP contribution in [-0.4, -0.2) is 63.9 Å². The number of piperidine rings is 1. The van der Waals surface area contributed by atoms with E-state index in [-0.39, 0.29) is 36.9 Å². The molecular formula is C15H22F2N6O2S. The molecule has 2 aromatic rings. The number of anilines is 1. The van der Waals surface area contributed by atoms with Crippen LogP contribution in [0.15, 0.2) is 6.20 Å². The summed E-state index contributed by atoms with van der Waals surface area (Å²) in [5.41, 5.74) is 0.162. The van der Waals surface area contributed by atoms with Crippen molar-refractivity contribution in [3.8, 4) is 0 Å². The Morgan fingerprint density at radius 2 is 2.15 bits per heavy atom. The Kier molecular flexibility index (Phi) is 5.11. The van der Waals surface area contributed by atoms with Gasteiger partial charge in [0.05, 0.1) is 18.5 Å². The van der Waals surface area contributed by atoms with Crippen LogP contribution in [0.4, 0.5) is 14.7 Å². The van der Waals surface area contributed by atoms with E-state index in [4.69, 9.17) is 0 Å². The summed E-state index contributed by atoms with van der Waals surface area (Å²) in [6, 6.07) is -0.618. The van der Waals surface area contributed by atoms with Crippen LogP contribution in [0.5, 0.6) is 0 Å². The monoisotopic (exact) mass is 388 g/mol. The molecule has 1 fully saturated rings. The van der Waals surface area contributed by atoms with Crippen molar-refractivity contribution in [2.24, 2.45) is 5.92 Å². The maximum absolute atomic E-state index is 14.4. The highest BCUT2D eigenvalue weighted by atomic mass is 32.2. The zero-order chi connectivity index (χ0) is 19.1. The number of hydrogen-bond acceptors (Lipinski definition) is 6. The van der Waals surface area contributed by atoms with Crippen LogP contribution in [0.1, 0.15) is 26.1 Å². The van der Waals surface area contributed by atoms with E-state index < -0.39 is 28.2 Å². The molecule has 0 aliphatic carbocycles. The Labute approximate surface area is 150 Å². The maximum Gasteiger partial charge on any atom is 0.242 e. The van der Waals surface area contributed by atoms with Crippen LogP contribution >= 0.6 is 0 Å². The number of nitrogens with zero attached hydrogens (tertiary/aromatic N) is 5. The number of halogens is 2. The number of sulfonamides is 1. The van der Waals surface area contributed by atoms with Gasteiger partial charge in [0.25, 0.3) is 0 Å². The SMILES string of the molecule is CC(C)Cc1nc(F)c2cnc(N[C@@H]3CCN(S(C)(=O)=O)C[C@H]3F)nn12. The van der Waals surface area contributed by atoms with Crippen molar-refractivity contribution in [2.45, 2.75) is 38.9 Å². The number of alkyl halides is 1. The number of imidazole rings is 1. The predicted octanol–water partition coefficient (Wildman–Crippen LogP) is 1.25. The molecule has 0 saturated carbocycles. The molecule has 144 valence electrons. The molecule has 1 N–H and O–H groups in total. The Morgan fingerprint density at radius 1 is 1.42 bits per heavy atom. The first-order valence-corrected chi connectivity index (χ1v) is 10.3. The number of rotatable bonds is 5. The van der Waals surface area contributed by atoms with E-state index in [1.807, 2.05) is 13.8 Å². The third-order valence-electron chi connectivity index (χ3n) is 4.29. The molecule has 1 aliphatic heterocycles. The molecule has 0 amide bonds. The molecule has 8 nitrogen and oxygen atoms in total. The van der Waals surface area contributed by atoms with Crippen molar-refractivity contribution < 1.29 is 17.2 Å². The lowest BCUT2D eigenvalue weighted by molar-refractivity contribution is 0.186. The lowest BCUT2D eigenvalue weighted by atomic mass is 10.1. The molecule has 2 atom stereocenters. The molecule has 0 unspecified atom stereocenters. The second kappa shape index (κ2) is 7.03. The van der Waals surface area contributed by atoms with Crippen molar-refractivity contribution in [2.75, 3.05) is 24.7 Å². The fourth-order valence-corrected chi connectivity index (χ4v) is 3.83. The molecule has 0 spiro atoms. The van der Waals surface area contributed by atoms with Gasteiger partial charge in [0, 0.05) is 19.5 Å². The molecule has 0 bridgehead atoms. The molecule has 11 heteroatoms. The fraction of sp³-hybridized carbons (Fsp3) is 0.667. The Hall–Kier alpha value is -1.88. The van der Waals surface area contributed by atoms with Gasteiger partial charge in [0.2, 0.25) is 21.9 Å². The van der Waals surface area contributed by atoms with Gasteiger partial charge in [-0.15, -0.1) is 5.10 Å². The molecule has 2 aromatic heterocycles. The molecule has 26 heavy (non-hydrogen) atoms. The minimum Gasteiger partial charge on any atom is -0.347 e. The third kappa shape index (κ3) is 3.93. The highest BCUT2D eigenvalue weighted by Gasteiger charge is 2.33. The summed E-state index contributed by atoms with van der Waals surface area (Å²) in [5, 5.41) is 7.13. The number of hydrogen-bond donors (Lipinski definition) is 1. The van der Waals surface area contributed by atoms with Crippen molar-refractivity contribution in [1.29, 1.82) is 0 Å². The van der Waals surface area contributed by atoms with Crippen molar-refractivity contribution in [1.82, 2.24) is 23.9 Å². The summed E-state index contributed by atoms with van der Waals surface area (Å²) >= 11 is 0. The Morgan fingerprint density at radius 3 is 2.77 bits per heavy atom. The van der Waals surface area contributed by atoms with E-state index in [2.05, 4.69) is 20.4 Å².